The number of nitrogens with zero attached hydrogens (tertiary/aromatic N) is 2. The number of ether oxygens (including phenoxy) is 3. The fourth-order valence-electron chi connectivity index (χ4n) is 5.56. The molecule has 0 bridgehead atoms. The van der Waals surface area contributed by atoms with Gasteiger partial charge in [0, 0.05) is 42.8 Å². The number of carbonyl (C=O) groups excluding carboxylic acids is 1. The Labute approximate surface area is 200 Å². The summed E-state index contributed by atoms with van der Waals surface area (Å²) in [5, 5.41) is 1.22. The van der Waals surface area contributed by atoms with E-state index in [1.807, 2.05) is 43.3 Å². The lowest BCUT2D eigenvalue weighted by Crippen LogP contribution is -2.54. The Morgan fingerprint density at radius 2 is 1.97 bits per heavy atom. The lowest BCUT2D eigenvalue weighted by molar-refractivity contribution is -0.146. The molecule has 2 aliphatic rings. The van der Waals surface area contributed by atoms with Crippen molar-refractivity contribution >= 4 is 16.9 Å². The Balaban J connectivity index is 1.41. The second-order valence-corrected chi connectivity index (χ2v) is 9.09. The summed E-state index contributed by atoms with van der Waals surface area (Å²) in [7, 11) is 1.70. The molecular formula is C27H33N3O4. The van der Waals surface area contributed by atoms with Gasteiger partial charge in [-0.1, -0.05) is 18.2 Å². The van der Waals surface area contributed by atoms with Crippen LogP contribution in [0, 0.1) is 0 Å². The maximum atomic E-state index is 12.5. The fraction of sp³-hybridized carbons (Fsp3) is 0.444. The number of carbonyl (C=O) groups is 1. The predicted molar refractivity (Wildman–Crippen MR) is 131 cm³/mol. The molecule has 7 nitrogen and oxygen atoms in total. The van der Waals surface area contributed by atoms with Gasteiger partial charge in [0.2, 0.25) is 0 Å². The largest absolute Gasteiger partial charge is 0.497 e. The van der Waals surface area contributed by atoms with Crippen molar-refractivity contribution in [2.45, 2.75) is 25.3 Å². The molecule has 1 saturated heterocycles. The van der Waals surface area contributed by atoms with Crippen molar-refractivity contribution in [3.8, 4) is 11.5 Å². The Bertz CT molecular complexity index is 1150. The third-order valence-electron chi connectivity index (χ3n) is 7.19. The van der Waals surface area contributed by atoms with Crippen molar-refractivity contribution in [1.29, 1.82) is 0 Å². The van der Waals surface area contributed by atoms with E-state index in [2.05, 4.69) is 26.9 Å². The number of nitrogens with one attached hydrogen (secondary N) is 1. The Hall–Kier alpha value is -3.03. The van der Waals surface area contributed by atoms with Gasteiger partial charge in [0.1, 0.15) is 18.1 Å². The van der Waals surface area contributed by atoms with Crippen LogP contribution in [0.1, 0.15) is 24.6 Å². The second kappa shape index (κ2) is 9.68. The van der Waals surface area contributed by atoms with E-state index < -0.39 is 0 Å². The molecule has 2 aromatic carbocycles. The number of hydrogen-bond acceptors (Lipinski definition) is 6. The highest BCUT2D eigenvalue weighted by molar-refractivity contribution is 5.87. The predicted octanol–water partition coefficient (Wildman–Crippen LogP) is 3.58. The highest BCUT2D eigenvalue weighted by Crippen LogP contribution is 2.45. The first-order chi connectivity index (χ1) is 16.6. The van der Waals surface area contributed by atoms with Crippen molar-refractivity contribution in [1.82, 2.24) is 14.8 Å². The maximum absolute atomic E-state index is 12.5. The van der Waals surface area contributed by atoms with Crippen molar-refractivity contribution in [3.05, 3.63) is 59.8 Å². The quantitative estimate of drug-likeness (QED) is 0.515. The molecule has 180 valence electrons. The lowest BCUT2D eigenvalue weighted by atomic mass is 9.84. The number of methoxy groups -OCH3 is 1. The number of likely N-dealkylation sites (tertiary alicyclic amines) is 1. The summed E-state index contributed by atoms with van der Waals surface area (Å²) in [5.74, 6) is 1.60. The van der Waals surface area contributed by atoms with Crippen LogP contribution in [0.15, 0.2) is 48.5 Å². The van der Waals surface area contributed by atoms with E-state index >= 15 is 0 Å². The summed E-state index contributed by atoms with van der Waals surface area (Å²) in [5.41, 5.74) is 3.45. The summed E-state index contributed by atoms with van der Waals surface area (Å²) < 4.78 is 16.8. The van der Waals surface area contributed by atoms with Crippen LogP contribution in [0.2, 0.25) is 0 Å². The molecule has 0 radical (unpaired) electrons. The first kappa shape index (κ1) is 22.7. The van der Waals surface area contributed by atoms with Crippen LogP contribution in [0.25, 0.3) is 10.9 Å². The van der Waals surface area contributed by atoms with Gasteiger partial charge in [-0.3, -0.25) is 14.6 Å². The van der Waals surface area contributed by atoms with Crippen LogP contribution < -0.4 is 9.47 Å². The van der Waals surface area contributed by atoms with Crippen molar-refractivity contribution in [2.24, 2.45) is 0 Å². The van der Waals surface area contributed by atoms with Gasteiger partial charge in [-0.2, -0.15) is 0 Å². The van der Waals surface area contributed by atoms with Crippen molar-refractivity contribution in [2.75, 3.05) is 53.0 Å². The van der Waals surface area contributed by atoms with Gasteiger partial charge in [-0.25, -0.2) is 0 Å². The number of hydrogen-bond donors (Lipinski definition) is 1. The summed E-state index contributed by atoms with van der Waals surface area (Å²) in [6.45, 7) is 6.67. The van der Waals surface area contributed by atoms with E-state index in [0.29, 0.717) is 19.8 Å². The van der Waals surface area contributed by atoms with Crippen molar-refractivity contribution in [3.63, 3.8) is 0 Å². The van der Waals surface area contributed by atoms with Crippen molar-refractivity contribution < 1.29 is 19.0 Å². The summed E-state index contributed by atoms with van der Waals surface area (Å²) in [6, 6.07) is 16.2. The van der Waals surface area contributed by atoms with E-state index in [9.17, 15) is 4.79 Å². The molecule has 3 aromatic rings. The molecule has 1 aromatic heterocycles. The summed E-state index contributed by atoms with van der Waals surface area (Å²) in [4.78, 5) is 21.0. The molecule has 5 rings (SSSR count). The lowest BCUT2D eigenvalue weighted by Gasteiger charge is -2.44. The zero-order chi connectivity index (χ0) is 23.5. The minimum atomic E-state index is -0.251. The van der Waals surface area contributed by atoms with Gasteiger partial charge in [-0.05, 0) is 55.7 Å². The zero-order valence-corrected chi connectivity index (χ0v) is 20.0. The van der Waals surface area contributed by atoms with Gasteiger partial charge in [0.15, 0.2) is 0 Å². The van der Waals surface area contributed by atoms with Gasteiger partial charge in [0.05, 0.1) is 25.8 Å². The number of fused-ring (bicyclic) bond motifs is 4. The Morgan fingerprint density at radius 3 is 2.76 bits per heavy atom. The van der Waals surface area contributed by atoms with Crippen LogP contribution in [0.4, 0.5) is 0 Å². The van der Waals surface area contributed by atoms with Crippen LogP contribution in [0.5, 0.6) is 11.5 Å². The van der Waals surface area contributed by atoms with Gasteiger partial charge < -0.3 is 19.2 Å². The van der Waals surface area contributed by atoms with E-state index in [0.717, 1.165) is 56.0 Å². The number of aromatic amines is 1. The minimum absolute atomic E-state index is 0.158. The van der Waals surface area contributed by atoms with Crippen LogP contribution >= 0.6 is 0 Å². The molecule has 1 fully saturated rings. The summed E-state index contributed by atoms with van der Waals surface area (Å²) in [6.07, 6.45) is 1.84. The fourth-order valence-corrected chi connectivity index (χ4v) is 5.56. The number of aromatic nitrogens is 1. The molecule has 3 heterocycles. The number of H-pyrrole nitrogens is 1. The average Bonchev–Trinajstić information content (AvgIpc) is 3.44. The molecule has 0 aliphatic carbocycles. The topological polar surface area (TPSA) is 67.0 Å². The zero-order valence-electron chi connectivity index (χ0n) is 20.0. The summed E-state index contributed by atoms with van der Waals surface area (Å²) >= 11 is 0. The number of rotatable bonds is 8. The third-order valence-corrected chi connectivity index (χ3v) is 7.19. The molecule has 1 N–H and O–H groups in total. The highest BCUT2D eigenvalue weighted by atomic mass is 16.5. The molecule has 1 unspecified atom stereocenters. The molecule has 1 spiro atoms. The Morgan fingerprint density at radius 1 is 1.12 bits per heavy atom. The number of benzene rings is 2. The van der Waals surface area contributed by atoms with Gasteiger partial charge in [-0.15, -0.1) is 0 Å². The van der Waals surface area contributed by atoms with E-state index in [4.69, 9.17) is 14.2 Å². The molecular weight excluding hydrogens is 430 g/mol. The van der Waals surface area contributed by atoms with Gasteiger partial charge >= 0.3 is 5.97 Å². The van der Waals surface area contributed by atoms with Crippen LogP contribution in [-0.2, 0) is 21.5 Å². The van der Waals surface area contributed by atoms with Gasteiger partial charge in [0.25, 0.3) is 0 Å². The molecule has 2 aliphatic heterocycles. The van der Waals surface area contributed by atoms with Crippen LogP contribution in [0.3, 0.4) is 0 Å². The average molecular weight is 464 g/mol. The van der Waals surface area contributed by atoms with Crippen LogP contribution in [-0.4, -0.2) is 73.8 Å². The normalized spacial score (nSPS) is 20.5. The Kier molecular flexibility index (Phi) is 6.48. The van der Waals surface area contributed by atoms with E-state index in [1.54, 1.807) is 7.11 Å². The standard InChI is InChI=1S/C27H33N3O4/c1-3-33-25(31)18-30-13-11-22-23-17-21(32-2)9-10-24(23)28-26(22)27(30)12-14-29(19-27)15-16-34-20-7-5-4-6-8-20/h4-10,17,28H,3,11-16,18-19H2,1-2H3. The molecule has 1 atom stereocenters. The highest BCUT2D eigenvalue weighted by Gasteiger charge is 2.49. The molecule has 0 amide bonds. The smallest absolute Gasteiger partial charge is 0.320 e. The monoisotopic (exact) mass is 463 g/mol. The molecule has 34 heavy (non-hydrogen) atoms. The first-order valence-corrected chi connectivity index (χ1v) is 12.1. The second-order valence-electron chi connectivity index (χ2n) is 9.09. The van der Waals surface area contributed by atoms with E-state index in [1.165, 1.54) is 16.6 Å². The van der Waals surface area contributed by atoms with E-state index in [-0.39, 0.29) is 11.5 Å². The molecule has 7 heteroatoms. The third kappa shape index (κ3) is 4.26. The minimum Gasteiger partial charge on any atom is -0.497 e. The number of esters is 1. The SMILES string of the molecule is CCOC(=O)CN1CCc2c([nH]c3ccc(OC)cc23)C12CCN(CCOc1ccccc1)C2. The molecule has 0 saturated carbocycles. The maximum Gasteiger partial charge on any atom is 0.320 e. The number of para-hydroxylation sites is 1. The first-order valence-electron chi connectivity index (χ1n) is 12.1.